The van der Waals surface area contributed by atoms with E-state index in [0.29, 0.717) is 0 Å². The number of hydroxylamine groups is 1. The second-order valence-corrected chi connectivity index (χ2v) is 1.83. The maximum atomic E-state index is 8.22. The summed E-state index contributed by atoms with van der Waals surface area (Å²) in [4.78, 5) is 0. The average Bonchev–Trinajstić information content (AvgIpc) is 1.68. The van der Waals surface area contributed by atoms with E-state index in [1.165, 1.54) is 7.11 Å². The Morgan fingerprint density at radius 1 is 1.57 bits per heavy atom. The van der Waals surface area contributed by atoms with E-state index in [0.717, 1.165) is 0 Å². The first-order chi connectivity index (χ1) is 3.12. The van der Waals surface area contributed by atoms with Crippen molar-refractivity contribution in [3.05, 3.63) is 0 Å². The van der Waals surface area contributed by atoms with Gasteiger partial charge in [0.1, 0.15) is 5.72 Å². The molecule has 0 spiro atoms. The van der Waals surface area contributed by atoms with Crippen LogP contribution in [-0.4, -0.2) is 18.0 Å². The fourth-order valence-corrected chi connectivity index (χ4v) is 0.0456. The molecule has 0 saturated heterocycles. The third kappa shape index (κ3) is 2.56. The Bertz CT molecular complexity index is 47.7. The highest BCUT2D eigenvalue weighted by Crippen LogP contribution is 1.97. The molecule has 3 nitrogen and oxygen atoms in total. The molecule has 44 valence electrons. The Hall–Kier alpha value is -0.120. The number of rotatable bonds is 2. The molecule has 0 bridgehead atoms. The number of ether oxygens (including phenoxy) is 1. The highest BCUT2D eigenvalue weighted by molar-refractivity contribution is 4.54. The number of hydrogen-bond donors (Lipinski definition) is 2. The van der Waals surface area contributed by atoms with Gasteiger partial charge in [0.2, 0.25) is 0 Å². The molecule has 0 heterocycles. The van der Waals surface area contributed by atoms with E-state index in [1.54, 1.807) is 13.8 Å². The molecule has 0 amide bonds. The van der Waals surface area contributed by atoms with Gasteiger partial charge in [-0.1, -0.05) is 0 Å². The lowest BCUT2D eigenvalue weighted by Gasteiger charge is -2.19. The molecular weight excluding hydrogens is 94.0 g/mol. The topological polar surface area (TPSA) is 41.5 Å². The first-order valence-electron chi connectivity index (χ1n) is 2.09. The standard InChI is InChI=1S/C4H11NO2/c1-4(2,5-6)7-3/h5-6H,1-3H3. The largest absolute Gasteiger partial charge is 0.362 e. The zero-order valence-electron chi connectivity index (χ0n) is 4.86. The molecule has 0 fully saturated rings. The van der Waals surface area contributed by atoms with Gasteiger partial charge in [-0.3, -0.25) is 0 Å². The predicted octanol–water partition coefficient (Wildman–Crippen LogP) is 0.348. The first-order valence-corrected chi connectivity index (χ1v) is 2.09. The zero-order valence-corrected chi connectivity index (χ0v) is 4.86. The molecule has 0 unspecified atom stereocenters. The zero-order chi connectivity index (χ0) is 5.91. The minimum atomic E-state index is -0.611. The molecule has 0 rings (SSSR count). The smallest absolute Gasteiger partial charge is 0.134 e. The second kappa shape index (κ2) is 2.26. The minimum absolute atomic E-state index is 0.611. The van der Waals surface area contributed by atoms with E-state index >= 15 is 0 Å². The van der Waals surface area contributed by atoms with Crippen molar-refractivity contribution >= 4 is 0 Å². The van der Waals surface area contributed by atoms with Crippen LogP contribution in [0.5, 0.6) is 0 Å². The van der Waals surface area contributed by atoms with E-state index in [9.17, 15) is 0 Å². The van der Waals surface area contributed by atoms with Crippen molar-refractivity contribution in [1.29, 1.82) is 0 Å². The molecule has 0 aromatic rings. The van der Waals surface area contributed by atoms with Crippen molar-refractivity contribution in [3.63, 3.8) is 0 Å². The fourth-order valence-electron chi connectivity index (χ4n) is 0.0456. The van der Waals surface area contributed by atoms with Crippen LogP contribution in [0.4, 0.5) is 0 Å². The molecular formula is C4H11NO2. The van der Waals surface area contributed by atoms with Crippen LogP contribution in [0.2, 0.25) is 0 Å². The molecule has 0 saturated carbocycles. The van der Waals surface area contributed by atoms with Crippen molar-refractivity contribution in [3.8, 4) is 0 Å². The average molecular weight is 105 g/mol. The Labute approximate surface area is 43.2 Å². The molecule has 0 aliphatic carbocycles. The van der Waals surface area contributed by atoms with Gasteiger partial charge >= 0.3 is 0 Å². The summed E-state index contributed by atoms with van der Waals surface area (Å²) in [6, 6.07) is 0. The van der Waals surface area contributed by atoms with Gasteiger partial charge in [-0.2, -0.15) is 5.48 Å². The predicted molar refractivity (Wildman–Crippen MR) is 26.0 cm³/mol. The van der Waals surface area contributed by atoms with E-state index in [4.69, 9.17) is 9.94 Å². The summed E-state index contributed by atoms with van der Waals surface area (Å²) in [5.74, 6) is 0. The van der Waals surface area contributed by atoms with Crippen LogP contribution in [0.15, 0.2) is 0 Å². The van der Waals surface area contributed by atoms with E-state index in [1.807, 2.05) is 5.48 Å². The maximum Gasteiger partial charge on any atom is 0.134 e. The monoisotopic (exact) mass is 105 g/mol. The molecule has 7 heavy (non-hydrogen) atoms. The molecule has 2 N–H and O–H groups in total. The Kier molecular flexibility index (Phi) is 2.22. The van der Waals surface area contributed by atoms with Crippen LogP contribution in [0.1, 0.15) is 13.8 Å². The van der Waals surface area contributed by atoms with Crippen molar-refractivity contribution in [2.45, 2.75) is 19.6 Å². The number of nitrogens with one attached hydrogen (secondary N) is 1. The van der Waals surface area contributed by atoms with Crippen molar-refractivity contribution in [2.24, 2.45) is 0 Å². The Morgan fingerprint density at radius 3 is 2.00 bits per heavy atom. The highest BCUT2D eigenvalue weighted by Gasteiger charge is 2.11. The van der Waals surface area contributed by atoms with Crippen LogP contribution in [-0.2, 0) is 4.74 Å². The van der Waals surface area contributed by atoms with E-state index in [2.05, 4.69) is 0 Å². The second-order valence-electron chi connectivity index (χ2n) is 1.83. The summed E-state index contributed by atoms with van der Waals surface area (Å²) < 4.78 is 4.73. The SMILES string of the molecule is COC(C)(C)NO. The minimum Gasteiger partial charge on any atom is -0.362 e. The van der Waals surface area contributed by atoms with Gasteiger partial charge in [0, 0.05) is 7.11 Å². The molecule has 0 radical (unpaired) electrons. The Balaban J connectivity index is 3.36. The van der Waals surface area contributed by atoms with Gasteiger partial charge in [-0.25, -0.2) is 0 Å². The molecule has 3 heteroatoms. The van der Waals surface area contributed by atoms with Crippen molar-refractivity contribution in [2.75, 3.05) is 7.11 Å². The van der Waals surface area contributed by atoms with E-state index < -0.39 is 5.72 Å². The normalized spacial score (nSPS) is 12.0. The summed E-state index contributed by atoms with van der Waals surface area (Å²) in [5, 5.41) is 8.22. The number of methoxy groups -OCH3 is 1. The summed E-state index contributed by atoms with van der Waals surface area (Å²) in [5.41, 5.74) is 1.36. The quantitative estimate of drug-likeness (QED) is 0.393. The lowest BCUT2D eigenvalue weighted by Crippen LogP contribution is -2.38. The lowest BCUT2D eigenvalue weighted by molar-refractivity contribution is -0.0937. The van der Waals surface area contributed by atoms with Gasteiger partial charge in [0.25, 0.3) is 0 Å². The van der Waals surface area contributed by atoms with Crippen LogP contribution >= 0.6 is 0 Å². The summed E-state index contributed by atoms with van der Waals surface area (Å²) >= 11 is 0. The number of hydrogen-bond acceptors (Lipinski definition) is 3. The van der Waals surface area contributed by atoms with Gasteiger partial charge in [0.05, 0.1) is 0 Å². The molecule has 0 aromatic heterocycles. The van der Waals surface area contributed by atoms with Gasteiger partial charge in [-0.15, -0.1) is 0 Å². The maximum absolute atomic E-state index is 8.22. The highest BCUT2D eigenvalue weighted by atomic mass is 16.6. The van der Waals surface area contributed by atoms with Crippen LogP contribution in [0.3, 0.4) is 0 Å². The first kappa shape index (κ1) is 6.88. The third-order valence-electron chi connectivity index (χ3n) is 0.780. The summed E-state index contributed by atoms with van der Waals surface area (Å²) in [6.45, 7) is 3.43. The Morgan fingerprint density at radius 2 is 2.00 bits per heavy atom. The van der Waals surface area contributed by atoms with Gasteiger partial charge < -0.3 is 9.94 Å². The third-order valence-corrected chi connectivity index (χ3v) is 0.780. The molecule has 0 atom stereocenters. The summed E-state index contributed by atoms with van der Waals surface area (Å²) in [6.07, 6.45) is 0. The van der Waals surface area contributed by atoms with Crippen molar-refractivity contribution in [1.82, 2.24) is 5.48 Å². The molecule has 0 aliphatic rings. The van der Waals surface area contributed by atoms with Gasteiger partial charge in [-0.05, 0) is 13.8 Å². The summed E-state index contributed by atoms with van der Waals surface area (Å²) in [7, 11) is 1.52. The molecule has 0 aromatic carbocycles. The lowest BCUT2D eigenvalue weighted by atomic mass is 10.3. The van der Waals surface area contributed by atoms with E-state index in [-0.39, 0.29) is 0 Å². The van der Waals surface area contributed by atoms with Crippen LogP contribution < -0.4 is 5.48 Å². The van der Waals surface area contributed by atoms with Crippen LogP contribution in [0.25, 0.3) is 0 Å². The van der Waals surface area contributed by atoms with Crippen LogP contribution in [0, 0.1) is 0 Å². The van der Waals surface area contributed by atoms with Gasteiger partial charge in [0.15, 0.2) is 0 Å². The fraction of sp³-hybridized carbons (Fsp3) is 1.00. The molecule has 0 aliphatic heterocycles. The van der Waals surface area contributed by atoms with Crippen molar-refractivity contribution < 1.29 is 9.94 Å².